The Bertz CT molecular complexity index is 867. The Kier molecular flexibility index (Phi) is 8.05. The van der Waals surface area contributed by atoms with Crippen LogP contribution in [0.5, 0.6) is 5.75 Å². The fraction of sp³-hybridized carbons (Fsp3) is 0.238. The van der Waals surface area contributed by atoms with Crippen LogP contribution in [-0.2, 0) is 13.0 Å². The molecule has 0 amide bonds. The van der Waals surface area contributed by atoms with Crippen molar-refractivity contribution in [2.45, 2.75) is 19.9 Å². The maximum atomic E-state index is 6.24. The monoisotopic (exact) mass is 409 g/mol. The molecule has 0 aliphatic heterocycles. The molecule has 0 aliphatic rings. The molecule has 0 fully saturated rings. The third kappa shape index (κ3) is 5.05. The molecule has 0 saturated heterocycles. The van der Waals surface area contributed by atoms with Crippen LogP contribution in [-0.4, -0.2) is 13.2 Å². The molecule has 3 aromatic carbocycles. The lowest BCUT2D eigenvalue weighted by Crippen LogP contribution is -2.17. The summed E-state index contributed by atoms with van der Waals surface area (Å²) in [5, 5.41) is 7.35. The molecule has 0 heterocycles. The SMILES string of the molecule is CCOc1ccc2ccccc2c1CNCCc1ccc(Cl)cc1Cl.Cl. The van der Waals surface area contributed by atoms with Gasteiger partial charge in [-0.2, -0.15) is 0 Å². The molecule has 2 nitrogen and oxygen atoms in total. The highest BCUT2D eigenvalue weighted by molar-refractivity contribution is 6.35. The van der Waals surface area contributed by atoms with Crippen molar-refractivity contribution in [1.29, 1.82) is 0 Å². The minimum absolute atomic E-state index is 0. The minimum Gasteiger partial charge on any atom is -0.494 e. The van der Waals surface area contributed by atoms with Gasteiger partial charge in [0.1, 0.15) is 5.75 Å². The zero-order chi connectivity index (χ0) is 17.6. The van der Waals surface area contributed by atoms with Gasteiger partial charge >= 0.3 is 0 Å². The molecule has 5 heteroatoms. The van der Waals surface area contributed by atoms with Gasteiger partial charge in [0, 0.05) is 22.2 Å². The number of benzene rings is 3. The maximum absolute atomic E-state index is 6.24. The Morgan fingerprint density at radius 1 is 1.00 bits per heavy atom. The second kappa shape index (κ2) is 10.0. The van der Waals surface area contributed by atoms with Gasteiger partial charge in [0.15, 0.2) is 0 Å². The number of rotatable bonds is 7. The van der Waals surface area contributed by atoms with Crippen molar-refractivity contribution in [1.82, 2.24) is 5.32 Å². The molecule has 0 spiro atoms. The summed E-state index contributed by atoms with van der Waals surface area (Å²) in [5.41, 5.74) is 2.30. The molecule has 0 bridgehead atoms. The lowest BCUT2D eigenvalue weighted by Gasteiger charge is -2.14. The summed E-state index contributed by atoms with van der Waals surface area (Å²) in [5.74, 6) is 0.943. The first-order valence-electron chi connectivity index (χ1n) is 8.47. The molecule has 138 valence electrons. The number of hydrogen-bond donors (Lipinski definition) is 1. The van der Waals surface area contributed by atoms with Crippen LogP contribution in [0.4, 0.5) is 0 Å². The van der Waals surface area contributed by atoms with E-state index in [1.165, 1.54) is 16.3 Å². The molecule has 3 aromatic rings. The topological polar surface area (TPSA) is 21.3 Å². The van der Waals surface area contributed by atoms with Crippen molar-refractivity contribution >= 4 is 46.4 Å². The Hall–Kier alpha value is -1.45. The lowest BCUT2D eigenvalue weighted by molar-refractivity contribution is 0.336. The van der Waals surface area contributed by atoms with Crippen LogP contribution in [0, 0.1) is 0 Å². The molecule has 0 unspecified atom stereocenters. The minimum atomic E-state index is 0. The Balaban J connectivity index is 0.00000243. The smallest absolute Gasteiger partial charge is 0.124 e. The van der Waals surface area contributed by atoms with Crippen molar-refractivity contribution in [3.05, 3.63) is 75.8 Å². The molecule has 0 aromatic heterocycles. The maximum Gasteiger partial charge on any atom is 0.124 e. The second-order valence-electron chi connectivity index (χ2n) is 5.86. The highest BCUT2D eigenvalue weighted by Crippen LogP contribution is 2.28. The Morgan fingerprint density at radius 2 is 1.81 bits per heavy atom. The molecule has 3 rings (SSSR count). The predicted molar refractivity (Wildman–Crippen MR) is 114 cm³/mol. The first-order chi connectivity index (χ1) is 12.2. The van der Waals surface area contributed by atoms with Crippen molar-refractivity contribution < 1.29 is 4.74 Å². The predicted octanol–water partition coefficient (Wildman–Crippen LogP) is 6.30. The number of halogens is 3. The van der Waals surface area contributed by atoms with E-state index in [-0.39, 0.29) is 12.4 Å². The highest BCUT2D eigenvalue weighted by atomic mass is 35.5. The van der Waals surface area contributed by atoms with Gasteiger partial charge in [-0.05, 0) is 54.4 Å². The molecule has 0 saturated carbocycles. The van der Waals surface area contributed by atoms with Gasteiger partial charge in [-0.1, -0.05) is 59.6 Å². The van der Waals surface area contributed by atoms with E-state index in [0.717, 1.165) is 35.8 Å². The highest BCUT2D eigenvalue weighted by Gasteiger charge is 2.08. The largest absolute Gasteiger partial charge is 0.494 e. The van der Waals surface area contributed by atoms with E-state index in [1.807, 2.05) is 19.1 Å². The molecule has 1 N–H and O–H groups in total. The standard InChI is InChI=1S/C21H21Cl2NO.ClH/c1-2-25-21-10-8-15-5-3-4-6-18(15)19(21)14-24-12-11-16-7-9-17(22)13-20(16)23;/h3-10,13,24H,2,11-12,14H2,1H3;1H. The van der Waals surface area contributed by atoms with E-state index in [0.29, 0.717) is 11.6 Å². The van der Waals surface area contributed by atoms with Gasteiger partial charge in [0.2, 0.25) is 0 Å². The van der Waals surface area contributed by atoms with Crippen LogP contribution in [0.1, 0.15) is 18.1 Å². The number of ether oxygens (including phenoxy) is 1. The van der Waals surface area contributed by atoms with Crippen LogP contribution >= 0.6 is 35.6 Å². The third-order valence-electron chi connectivity index (χ3n) is 4.19. The first-order valence-corrected chi connectivity index (χ1v) is 9.22. The first kappa shape index (κ1) is 20.9. The van der Waals surface area contributed by atoms with E-state index in [2.05, 4.69) is 41.7 Å². The van der Waals surface area contributed by atoms with E-state index in [9.17, 15) is 0 Å². The van der Waals surface area contributed by atoms with Gasteiger partial charge in [0.25, 0.3) is 0 Å². The average molecular weight is 411 g/mol. The van der Waals surface area contributed by atoms with Gasteiger partial charge in [0.05, 0.1) is 6.61 Å². The molecule has 0 radical (unpaired) electrons. The van der Waals surface area contributed by atoms with E-state index in [4.69, 9.17) is 27.9 Å². The van der Waals surface area contributed by atoms with E-state index in [1.54, 1.807) is 6.07 Å². The fourth-order valence-electron chi connectivity index (χ4n) is 2.95. The Morgan fingerprint density at radius 3 is 2.58 bits per heavy atom. The summed E-state index contributed by atoms with van der Waals surface area (Å²) in [6.45, 7) is 4.25. The van der Waals surface area contributed by atoms with Crippen LogP contribution < -0.4 is 10.1 Å². The third-order valence-corrected chi connectivity index (χ3v) is 4.77. The second-order valence-corrected chi connectivity index (χ2v) is 6.70. The molecular formula is C21H22Cl3NO. The van der Waals surface area contributed by atoms with Gasteiger partial charge < -0.3 is 10.1 Å². The van der Waals surface area contributed by atoms with Crippen LogP contribution in [0.25, 0.3) is 10.8 Å². The summed E-state index contributed by atoms with van der Waals surface area (Å²) < 4.78 is 5.82. The van der Waals surface area contributed by atoms with Crippen molar-refractivity contribution in [2.75, 3.05) is 13.2 Å². The van der Waals surface area contributed by atoms with Crippen LogP contribution in [0.3, 0.4) is 0 Å². The molecule has 26 heavy (non-hydrogen) atoms. The fourth-order valence-corrected chi connectivity index (χ4v) is 3.45. The normalized spacial score (nSPS) is 10.6. The summed E-state index contributed by atoms with van der Waals surface area (Å²) in [6.07, 6.45) is 0.852. The Labute approximate surface area is 170 Å². The quantitative estimate of drug-likeness (QED) is 0.461. The lowest BCUT2D eigenvalue weighted by atomic mass is 10.0. The van der Waals surface area contributed by atoms with Gasteiger partial charge in [-0.15, -0.1) is 12.4 Å². The number of nitrogens with one attached hydrogen (secondary N) is 1. The number of fused-ring (bicyclic) bond motifs is 1. The molecular weight excluding hydrogens is 389 g/mol. The van der Waals surface area contributed by atoms with Crippen molar-refractivity contribution in [3.63, 3.8) is 0 Å². The summed E-state index contributed by atoms with van der Waals surface area (Å²) in [7, 11) is 0. The van der Waals surface area contributed by atoms with Gasteiger partial charge in [-0.25, -0.2) is 0 Å². The van der Waals surface area contributed by atoms with Crippen LogP contribution in [0.15, 0.2) is 54.6 Å². The van der Waals surface area contributed by atoms with E-state index < -0.39 is 0 Å². The average Bonchev–Trinajstić information content (AvgIpc) is 2.61. The molecule has 0 atom stereocenters. The zero-order valence-electron chi connectivity index (χ0n) is 14.6. The molecule has 0 aliphatic carbocycles. The zero-order valence-corrected chi connectivity index (χ0v) is 16.9. The van der Waals surface area contributed by atoms with Crippen molar-refractivity contribution in [2.24, 2.45) is 0 Å². The van der Waals surface area contributed by atoms with Crippen LogP contribution in [0.2, 0.25) is 10.0 Å². The number of hydrogen-bond acceptors (Lipinski definition) is 2. The summed E-state index contributed by atoms with van der Waals surface area (Å²) in [4.78, 5) is 0. The summed E-state index contributed by atoms with van der Waals surface area (Å²) in [6, 6.07) is 18.2. The summed E-state index contributed by atoms with van der Waals surface area (Å²) >= 11 is 12.2. The van der Waals surface area contributed by atoms with E-state index >= 15 is 0 Å². The van der Waals surface area contributed by atoms with Gasteiger partial charge in [-0.3, -0.25) is 0 Å². The van der Waals surface area contributed by atoms with Crippen molar-refractivity contribution in [3.8, 4) is 5.75 Å².